The molecule has 7 heteroatoms. The molecule has 0 aliphatic carbocycles. The Bertz CT molecular complexity index is 1030. The maximum atomic E-state index is 13.0. The van der Waals surface area contributed by atoms with Crippen molar-refractivity contribution in [3.05, 3.63) is 76.9 Å². The molecule has 1 N–H and O–H groups in total. The van der Waals surface area contributed by atoms with E-state index < -0.39 is 10.0 Å². The van der Waals surface area contributed by atoms with Gasteiger partial charge < -0.3 is 4.42 Å². The van der Waals surface area contributed by atoms with Crippen molar-refractivity contribution in [1.29, 1.82) is 0 Å². The highest BCUT2D eigenvalue weighted by Gasteiger charge is 2.15. The molecule has 0 radical (unpaired) electrons. The van der Waals surface area contributed by atoms with Crippen LogP contribution in [0.15, 0.2) is 52.9 Å². The number of nitrogens with one attached hydrogen (secondary N) is 1. The number of oxazole rings is 1. The maximum Gasteiger partial charge on any atom is 0.226 e. The summed E-state index contributed by atoms with van der Waals surface area (Å²) in [6.07, 6.45) is 0.406. The summed E-state index contributed by atoms with van der Waals surface area (Å²) < 4.78 is 45.9. The Labute approximate surface area is 158 Å². The van der Waals surface area contributed by atoms with Crippen molar-refractivity contribution in [2.24, 2.45) is 0 Å². The lowest BCUT2D eigenvalue weighted by molar-refractivity contribution is 0.538. The number of aryl methyl sites for hydroxylation is 2. The van der Waals surface area contributed by atoms with Crippen LogP contribution in [0.4, 0.5) is 4.39 Å². The molecule has 0 aliphatic rings. The standard InChI is InChI=1S/C20H21FN2O3S/c1-14-5-3-4-6-17(14)13-27(24,25)22-12-11-19-15(2)26-20(23-19)16-7-9-18(21)10-8-16/h3-10,22H,11-13H2,1-2H3. The molecule has 0 amide bonds. The molecule has 142 valence electrons. The zero-order valence-corrected chi connectivity index (χ0v) is 16.0. The van der Waals surface area contributed by atoms with Gasteiger partial charge in [-0.3, -0.25) is 0 Å². The molecule has 0 fully saturated rings. The molecular weight excluding hydrogens is 367 g/mol. The highest BCUT2D eigenvalue weighted by Crippen LogP contribution is 2.22. The molecule has 3 rings (SSSR count). The van der Waals surface area contributed by atoms with Gasteiger partial charge in [0.2, 0.25) is 15.9 Å². The largest absolute Gasteiger partial charge is 0.441 e. The van der Waals surface area contributed by atoms with Gasteiger partial charge in [0.05, 0.1) is 11.4 Å². The molecular formula is C20H21FN2O3S. The van der Waals surface area contributed by atoms with E-state index >= 15 is 0 Å². The number of benzene rings is 2. The van der Waals surface area contributed by atoms with Crippen molar-refractivity contribution in [3.63, 3.8) is 0 Å². The first-order valence-corrected chi connectivity index (χ1v) is 10.2. The number of hydrogen-bond donors (Lipinski definition) is 1. The summed E-state index contributed by atoms with van der Waals surface area (Å²) in [6.45, 7) is 3.89. The van der Waals surface area contributed by atoms with E-state index in [9.17, 15) is 12.8 Å². The Morgan fingerprint density at radius 1 is 1.07 bits per heavy atom. The molecule has 0 spiro atoms. The van der Waals surface area contributed by atoms with Gasteiger partial charge in [-0.05, 0) is 49.2 Å². The fourth-order valence-corrected chi connectivity index (χ4v) is 3.98. The third kappa shape index (κ3) is 5.02. The molecule has 0 saturated carbocycles. The minimum absolute atomic E-state index is 0.0572. The first-order chi connectivity index (χ1) is 12.8. The van der Waals surface area contributed by atoms with Gasteiger partial charge in [0.1, 0.15) is 11.6 Å². The van der Waals surface area contributed by atoms with Crippen molar-refractivity contribution < 1.29 is 17.2 Å². The highest BCUT2D eigenvalue weighted by atomic mass is 32.2. The van der Waals surface area contributed by atoms with Crippen LogP contribution >= 0.6 is 0 Å². The predicted octanol–water partition coefficient (Wildman–Crippen LogP) is 3.76. The second-order valence-electron chi connectivity index (χ2n) is 6.36. The van der Waals surface area contributed by atoms with Crippen molar-refractivity contribution >= 4 is 10.0 Å². The van der Waals surface area contributed by atoms with Crippen molar-refractivity contribution in [3.8, 4) is 11.5 Å². The minimum Gasteiger partial charge on any atom is -0.441 e. The fourth-order valence-electron chi connectivity index (χ4n) is 2.73. The molecule has 1 aromatic heterocycles. The van der Waals surface area contributed by atoms with Gasteiger partial charge >= 0.3 is 0 Å². The van der Waals surface area contributed by atoms with Crippen molar-refractivity contribution in [1.82, 2.24) is 9.71 Å². The van der Waals surface area contributed by atoms with Gasteiger partial charge in [-0.2, -0.15) is 0 Å². The molecule has 0 bridgehead atoms. The maximum absolute atomic E-state index is 13.0. The van der Waals surface area contributed by atoms with Crippen LogP contribution in [-0.4, -0.2) is 19.9 Å². The Balaban J connectivity index is 1.62. The average molecular weight is 388 g/mol. The van der Waals surface area contributed by atoms with E-state index in [4.69, 9.17) is 4.42 Å². The normalized spacial score (nSPS) is 11.7. The fraction of sp³-hybridized carbons (Fsp3) is 0.250. The number of nitrogens with zero attached hydrogens (tertiary/aromatic N) is 1. The molecule has 0 saturated heterocycles. The summed E-state index contributed by atoms with van der Waals surface area (Å²) in [5.41, 5.74) is 3.07. The second-order valence-corrected chi connectivity index (χ2v) is 8.17. The smallest absolute Gasteiger partial charge is 0.226 e. The molecule has 27 heavy (non-hydrogen) atoms. The Hall–Kier alpha value is -2.51. The number of aromatic nitrogens is 1. The highest BCUT2D eigenvalue weighted by molar-refractivity contribution is 7.88. The minimum atomic E-state index is -3.44. The third-order valence-corrected chi connectivity index (χ3v) is 5.61. The van der Waals surface area contributed by atoms with Crippen LogP contribution in [-0.2, 0) is 22.2 Å². The van der Waals surface area contributed by atoms with Gasteiger partial charge in [-0.15, -0.1) is 0 Å². The Morgan fingerprint density at radius 3 is 2.48 bits per heavy atom. The van der Waals surface area contributed by atoms with Crippen molar-refractivity contribution in [2.75, 3.05) is 6.54 Å². The third-order valence-electron chi connectivity index (χ3n) is 4.27. The monoisotopic (exact) mass is 388 g/mol. The van der Waals surface area contributed by atoms with Crippen molar-refractivity contribution in [2.45, 2.75) is 26.0 Å². The second kappa shape index (κ2) is 8.02. The van der Waals surface area contributed by atoms with Gasteiger partial charge in [-0.25, -0.2) is 22.5 Å². The predicted molar refractivity (Wildman–Crippen MR) is 102 cm³/mol. The lowest BCUT2D eigenvalue weighted by Gasteiger charge is -2.08. The summed E-state index contributed by atoms with van der Waals surface area (Å²) in [5, 5.41) is 0. The van der Waals surface area contributed by atoms with E-state index in [0.717, 1.165) is 11.1 Å². The van der Waals surface area contributed by atoms with Crippen LogP contribution in [0.5, 0.6) is 0 Å². The average Bonchev–Trinajstić information content (AvgIpc) is 2.98. The van der Waals surface area contributed by atoms with E-state index in [2.05, 4.69) is 9.71 Å². The van der Waals surface area contributed by atoms with Gasteiger partial charge in [-0.1, -0.05) is 24.3 Å². The van der Waals surface area contributed by atoms with E-state index in [-0.39, 0.29) is 18.1 Å². The van der Waals surface area contributed by atoms with Crippen LogP contribution in [0, 0.1) is 19.7 Å². The molecule has 0 unspecified atom stereocenters. The molecule has 5 nitrogen and oxygen atoms in total. The molecule has 0 atom stereocenters. The number of hydrogen-bond acceptors (Lipinski definition) is 4. The first-order valence-electron chi connectivity index (χ1n) is 8.58. The summed E-state index contributed by atoms with van der Waals surface area (Å²) in [7, 11) is -3.44. The summed E-state index contributed by atoms with van der Waals surface area (Å²) in [6, 6.07) is 13.3. The molecule has 1 heterocycles. The van der Waals surface area contributed by atoms with E-state index in [1.807, 2.05) is 31.2 Å². The molecule has 3 aromatic rings. The van der Waals surface area contributed by atoms with Gasteiger partial charge in [0.15, 0.2) is 0 Å². The SMILES string of the molecule is Cc1ccccc1CS(=O)(=O)NCCc1nc(-c2ccc(F)cc2)oc1C. The molecule has 0 aliphatic heterocycles. The summed E-state index contributed by atoms with van der Waals surface area (Å²) >= 11 is 0. The first kappa shape index (κ1) is 19.3. The summed E-state index contributed by atoms with van der Waals surface area (Å²) in [5.74, 6) is 0.626. The number of rotatable bonds is 7. The molecule has 2 aromatic carbocycles. The van der Waals surface area contributed by atoms with E-state index in [1.54, 1.807) is 19.1 Å². The van der Waals surface area contributed by atoms with Crippen LogP contribution in [0.3, 0.4) is 0 Å². The van der Waals surface area contributed by atoms with Gasteiger partial charge in [0.25, 0.3) is 0 Å². The van der Waals surface area contributed by atoms with Crippen LogP contribution in [0.2, 0.25) is 0 Å². The topological polar surface area (TPSA) is 72.2 Å². The Kier molecular flexibility index (Phi) is 5.72. The van der Waals surface area contributed by atoms with Gasteiger partial charge in [0, 0.05) is 18.5 Å². The zero-order chi connectivity index (χ0) is 19.4. The van der Waals surface area contributed by atoms with E-state index in [1.165, 1.54) is 12.1 Å². The van der Waals surface area contributed by atoms with E-state index in [0.29, 0.717) is 29.3 Å². The number of halogens is 1. The lowest BCUT2D eigenvalue weighted by Crippen LogP contribution is -2.27. The number of sulfonamides is 1. The van der Waals surface area contributed by atoms with Crippen LogP contribution in [0.1, 0.15) is 22.6 Å². The quantitative estimate of drug-likeness (QED) is 0.669. The Morgan fingerprint density at radius 2 is 1.78 bits per heavy atom. The summed E-state index contributed by atoms with van der Waals surface area (Å²) in [4.78, 5) is 4.40. The van der Waals surface area contributed by atoms with Crippen LogP contribution in [0.25, 0.3) is 11.5 Å². The van der Waals surface area contributed by atoms with Crippen LogP contribution < -0.4 is 4.72 Å². The zero-order valence-electron chi connectivity index (χ0n) is 15.2. The lowest BCUT2D eigenvalue weighted by atomic mass is 10.1.